The Morgan fingerprint density at radius 3 is 2.80 bits per heavy atom. The molecule has 0 unspecified atom stereocenters. The Kier molecular flexibility index (Phi) is 5.99. The first-order valence-corrected chi connectivity index (χ1v) is 8.22. The molecule has 1 aliphatic rings. The fraction of sp³-hybridized carbons (Fsp3) is 0.462. The van der Waals surface area contributed by atoms with Gasteiger partial charge in [0.1, 0.15) is 0 Å². The van der Waals surface area contributed by atoms with Gasteiger partial charge < -0.3 is 4.90 Å². The van der Waals surface area contributed by atoms with Gasteiger partial charge in [-0.25, -0.2) is 5.01 Å². The van der Waals surface area contributed by atoms with E-state index in [-0.39, 0.29) is 5.91 Å². The zero-order valence-electron chi connectivity index (χ0n) is 11.3. The highest BCUT2D eigenvalue weighted by Crippen LogP contribution is 2.29. The van der Waals surface area contributed by atoms with E-state index in [9.17, 15) is 4.79 Å². The van der Waals surface area contributed by atoms with Crippen LogP contribution in [0.2, 0.25) is 10.0 Å². The molecule has 1 heterocycles. The number of carbonyl (C=O) groups excluding carboxylic acids is 1. The lowest BCUT2D eigenvalue weighted by Gasteiger charge is -2.30. The lowest BCUT2D eigenvalue weighted by Crippen LogP contribution is -3.12. The molecule has 2 rings (SSSR count). The van der Waals surface area contributed by atoms with E-state index in [0.29, 0.717) is 15.8 Å². The Bertz CT molecular complexity index is 479. The first-order valence-electron chi connectivity index (χ1n) is 6.48. The number of benzene rings is 1. The summed E-state index contributed by atoms with van der Waals surface area (Å²) in [6.07, 6.45) is 0. The van der Waals surface area contributed by atoms with Crippen LogP contribution in [0.4, 0.5) is 0 Å². The summed E-state index contributed by atoms with van der Waals surface area (Å²) >= 11 is 13.4. The van der Waals surface area contributed by atoms with Gasteiger partial charge in [0, 0.05) is 9.92 Å². The van der Waals surface area contributed by atoms with E-state index in [1.165, 1.54) is 16.7 Å². The number of nitrogens with one attached hydrogen (secondary N) is 2. The fourth-order valence-corrected chi connectivity index (χ4v) is 3.23. The Labute approximate surface area is 133 Å². The van der Waals surface area contributed by atoms with Gasteiger partial charge in [-0.3, -0.25) is 10.2 Å². The first kappa shape index (κ1) is 15.9. The van der Waals surface area contributed by atoms with Crippen LogP contribution < -0.4 is 10.3 Å². The molecule has 0 atom stereocenters. The molecule has 0 aliphatic carbocycles. The van der Waals surface area contributed by atoms with Crippen LogP contribution in [0, 0.1) is 0 Å². The second-order valence-corrected chi connectivity index (χ2v) is 6.70. The van der Waals surface area contributed by atoms with Gasteiger partial charge in [0.15, 0.2) is 0 Å². The second kappa shape index (κ2) is 7.52. The van der Waals surface area contributed by atoms with Crippen molar-refractivity contribution >= 4 is 40.9 Å². The molecule has 1 fully saturated rings. The van der Waals surface area contributed by atoms with E-state index in [2.05, 4.69) is 12.5 Å². The van der Waals surface area contributed by atoms with Crippen molar-refractivity contribution in [1.82, 2.24) is 10.4 Å². The Balaban J connectivity index is 1.79. The Morgan fingerprint density at radius 2 is 2.10 bits per heavy atom. The van der Waals surface area contributed by atoms with Crippen molar-refractivity contribution in [1.29, 1.82) is 0 Å². The Hall–Kier alpha value is -0.460. The third-order valence-corrected chi connectivity index (χ3v) is 4.88. The molecule has 110 valence electrons. The summed E-state index contributed by atoms with van der Waals surface area (Å²) in [7, 11) is 2.16. The third-order valence-electron chi connectivity index (χ3n) is 3.15. The van der Waals surface area contributed by atoms with Crippen LogP contribution in [0.25, 0.3) is 0 Å². The largest absolute Gasteiger partial charge is 0.335 e. The maximum Gasteiger partial charge on any atom is 0.244 e. The van der Waals surface area contributed by atoms with Gasteiger partial charge in [-0.1, -0.05) is 23.2 Å². The zero-order valence-corrected chi connectivity index (χ0v) is 13.6. The van der Waals surface area contributed by atoms with Crippen LogP contribution in [0.15, 0.2) is 23.1 Å². The third kappa shape index (κ3) is 4.82. The number of nitrogens with zero attached hydrogens (tertiary/aromatic N) is 1. The topological polar surface area (TPSA) is 36.8 Å². The number of hydrogen-bond acceptors (Lipinski definition) is 3. The van der Waals surface area contributed by atoms with Crippen molar-refractivity contribution in [2.45, 2.75) is 4.90 Å². The van der Waals surface area contributed by atoms with Crippen molar-refractivity contribution in [3.63, 3.8) is 0 Å². The summed E-state index contributed by atoms with van der Waals surface area (Å²) in [4.78, 5) is 14.2. The number of rotatable bonds is 4. The van der Waals surface area contributed by atoms with E-state index in [1.54, 1.807) is 18.2 Å². The predicted molar refractivity (Wildman–Crippen MR) is 83.5 cm³/mol. The minimum atomic E-state index is -0.00871. The molecular formula is C13H18Cl2N3OS+. The molecule has 1 aromatic rings. The monoisotopic (exact) mass is 334 g/mol. The zero-order chi connectivity index (χ0) is 14.5. The second-order valence-electron chi connectivity index (χ2n) is 4.84. The van der Waals surface area contributed by atoms with Crippen LogP contribution in [0.3, 0.4) is 0 Å². The van der Waals surface area contributed by atoms with Gasteiger partial charge >= 0.3 is 0 Å². The summed E-state index contributed by atoms with van der Waals surface area (Å²) < 4.78 is 0. The highest BCUT2D eigenvalue weighted by Gasteiger charge is 2.18. The molecular weight excluding hydrogens is 317 g/mol. The SMILES string of the molecule is C[NH+]1CCN(NC(=O)CSc2cc(Cl)ccc2Cl)CC1. The van der Waals surface area contributed by atoms with Crippen molar-refractivity contribution in [3.05, 3.63) is 28.2 Å². The van der Waals surface area contributed by atoms with Crippen LogP contribution >= 0.6 is 35.0 Å². The summed E-state index contributed by atoms with van der Waals surface area (Å²) in [5.74, 6) is 0.324. The van der Waals surface area contributed by atoms with Gasteiger partial charge in [0.05, 0.1) is 44.0 Å². The lowest BCUT2D eigenvalue weighted by molar-refractivity contribution is -0.884. The normalized spacial score (nSPS) is 17.1. The molecule has 1 aromatic carbocycles. The van der Waals surface area contributed by atoms with Crippen LogP contribution in [0.5, 0.6) is 0 Å². The van der Waals surface area contributed by atoms with E-state index in [1.807, 2.05) is 5.01 Å². The molecule has 7 heteroatoms. The molecule has 4 nitrogen and oxygen atoms in total. The highest BCUT2D eigenvalue weighted by atomic mass is 35.5. The number of quaternary nitrogens is 1. The number of amides is 1. The summed E-state index contributed by atoms with van der Waals surface area (Å²) in [6, 6.07) is 5.26. The summed E-state index contributed by atoms with van der Waals surface area (Å²) in [6.45, 7) is 3.88. The molecule has 0 bridgehead atoms. The number of piperazine rings is 1. The van der Waals surface area contributed by atoms with E-state index in [4.69, 9.17) is 23.2 Å². The lowest BCUT2D eigenvalue weighted by atomic mass is 10.4. The Morgan fingerprint density at radius 1 is 1.40 bits per heavy atom. The molecule has 0 saturated carbocycles. The quantitative estimate of drug-likeness (QED) is 0.805. The summed E-state index contributed by atoms with van der Waals surface area (Å²) in [5, 5.41) is 3.23. The van der Waals surface area contributed by atoms with Gasteiger partial charge in [0.2, 0.25) is 5.91 Å². The van der Waals surface area contributed by atoms with Gasteiger partial charge in [-0.2, -0.15) is 0 Å². The molecule has 1 aliphatic heterocycles. The molecule has 1 amide bonds. The molecule has 0 spiro atoms. The number of halogens is 2. The number of carbonyl (C=O) groups is 1. The average molecular weight is 335 g/mol. The molecule has 1 saturated heterocycles. The van der Waals surface area contributed by atoms with Gasteiger partial charge in [-0.15, -0.1) is 11.8 Å². The minimum Gasteiger partial charge on any atom is -0.335 e. The van der Waals surface area contributed by atoms with Crippen molar-refractivity contribution in [2.75, 3.05) is 39.0 Å². The van der Waals surface area contributed by atoms with Crippen molar-refractivity contribution in [2.24, 2.45) is 0 Å². The maximum atomic E-state index is 11.9. The van der Waals surface area contributed by atoms with Crippen molar-refractivity contribution < 1.29 is 9.69 Å². The number of likely N-dealkylation sites (N-methyl/N-ethyl adjacent to an activating group) is 1. The molecule has 20 heavy (non-hydrogen) atoms. The maximum absolute atomic E-state index is 11.9. The van der Waals surface area contributed by atoms with Crippen LogP contribution in [-0.4, -0.2) is 49.9 Å². The number of hydrazine groups is 1. The van der Waals surface area contributed by atoms with Gasteiger partial charge in [-0.05, 0) is 18.2 Å². The van der Waals surface area contributed by atoms with E-state index >= 15 is 0 Å². The van der Waals surface area contributed by atoms with E-state index < -0.39 is 0 Å². The van der Waals surface area contributed by atoms with Crippen LogP contribution in [-0.2, 0) is 4.79 Å². The summed E-state index contributed by atoms with van der Waals surface area (Å²) in [5.41, 5.74) is 2.93. The molecule has 0 radical (unpaired) electrons. The number of thioether (sulfide) groups is 1. The highest BCUT2D eigenvalue weighted by molar-refractivity contribution is 8.00. The molecule has 0 aromatic heterocycles. The van der Waals surface area contributed by atoms with Crippen molar-refractivity contribution in [3.8, 4) is 0 Å². The minimum absolute atomic E-state index is 0.00871. The molecule has 2 N–H and O–H groups in total. The predicted octanol–water partition coefficient (Wildman–Crippen LogP) is 0.947. The number of hydrogen-bond donors (Lipinski definition) is 2. The van der Waals surface area contributed by atoms with Gasteiger partial charge in [0.25, 0.3) is 0 Å². The first-order chi connectivity index (χ1) is 9.54. The van der Waals surface area contributed by atoms with Crippen LogP contribution in [0.1, 0.15) is 0 Å². The standard InChI is InChI=1S/C13H17Cl2N3OS/c1-17-4-6-18(7-5-17)16-13(19)9-20-12-8-10(14)2-3-11(12)15/h2-3,8H,4-7,9H2,1H3,(H,16,19)/p+1. The average Bonchev–Trinajstić information content (AvgIpc) is 2.42. The smallest absolute Gasteiger partial charge is 0.244 e. The fourth-order valence-electron chi connectivity index (χ4n) is 1.94. The van der Waals surface area contributed by atoms with E-state index in [0.717, 1.165) is 31.1 Å².